The Bertz CT molecular complexity index is 774. The fourth-order valence-electron chi connectivity index (χ4n) is 1.92. The van der Waals surface area contributed by atoms with Gasteiger partial charge in [0.05, 0.1) is 12.6 Å². The predicted octanol–water partition coefficient (Wildman–Crippen LogP) is 3.80. The maximum absolute atomic E-state index is 5.92. The molecule has 3 aromatic rings. The van der Waals surface area contributed by atoms with Gasteiger partial charge in [0.1, 0.15) is 11.3 Å². The number of hydrogen-bond donors (Lipinski definition) is 1. The van der Waals surface area contributed by atoms with E-state index in [1.54, 1.807) is 12.6 Å². The average molecular weight is 307 g/mol. The van der Waals surface area contributed by atoms with E-state index in [1.807, 2.05) is 25.1 Å². The van der Waals surface area contributed by atoms with Gasteiger partial charge in [0.2, 0.25) is 5.28 Å². The van der Waals surface area contributed by atoms with Crippen molar-refractivity contribution in [2.45, 2.75) is 6.92 Å². The lowest BCUT2D eigenvalue weighted by Crippen LogP contribution is -1.97. The summed E-state index contributed by atoms with van der Waals surface area (Å²) >= 11 is 7.35. The number of anilines is 2. The van der Waals surface area contributed by atoms with Gasteiger partial charge < -0.3 is 10.1 Å². The number of aromatic nitrogens is 3. The van der Waals surface area contributed by atoms with Crippen molar-refractivity contribution in [3.8, 4) is 5.75 Å². The van der Waals surface area contributed by atoms with Crippen LogP contribution in [-0.4, -0.2) is 22.1 Å². The number of methoxy groups -OCH3 is 1. The largest absolute Gasteiger partial charge is 0.496 e. The van der Waals surface area contributed by atoms with Crippen molar-refractivity contribution in [3.63, 3.8) is 0 Å². The van der Waals surface area contributed by atoms with Crippen LogP contribution >= 0.6 is 22.9 Å². The molecular formula is C13H11ClN4OS. The van der Waals surface area contributed by atoms with E-state index in [4.69, 9.17) is 16.3 Å². The monoisotopic (exact) mass is 306 g/mol. The third kappa shape index (κ3) is 2.39. The number of aryl methyl sites for hydroxylation is 1. The first-order valence-electron chi connectivity index (χ1n) is 5.86. The Kier molecular flexibility index (Phi) is 3.42. The van der Waals surface area contributed by atoms with Gasteiger partial charge in [0.15, 0.2) is 10.6 Å². The lowest BCUT2D eigenvalue weighted by atomic mass is 10.2. The Morgan fingerprint density at radius 1 is 1.30 bits per heavy atom. The predicted molar refractivity (Wildman–Crippen MR) is 81.2 cm³/mol. The number of ether oxygens (including phenoxy) is 1. The molecule has 0 aliphatic rings. The van der Waals surface area contributed by atoms with Crippen LogP contribution in [-0.2, 0) is 0 Å². The maximum Gasteiger partial charge on any atom is 0.225 e. The van der Waals surface area contributed by atoms with Crippen molar-refractivity contribution in [1.29, 1.82) is 0 Å². The summed E-state index contributed by atoms with van der Waals surface area (Å²) in [5, 5.41) is 3.42. The smallest absolute Gasteiger partial charge is 0.225 e. The van der Waals surface area contributed by atoms with E-state index in [2.05, 4.69) is 20.3 Å². The standard InChI is InChI=1S/C13H11ClN4OS/c1-7-5-8(3-4-9(7)19-2)16-11-10-12(20-6-15-10)18-13(14)17-11/h3-6H,1-2H3,(H,16,17,18). The molecule has 2 aromatic heterocycles. The maximum atomic E-state index is 5.92. The molecule has 0 aliphatic carbocycles. The highest BCUT2D eigenvalue weighted by atomic mass is 35.5. The molecule has 0 bridgehead atoms. The third-order valence-corrected chi connectivity index (χ3v) is 3.72. The summed E-state index contributed by atoms with van der Waals surface area (Å²) in [7, 11) is 1.65. The molecule has 0 radical (unpaired) electrons. The molecule has 7 heteroatoms. The molecule has 102 valence electrons. The van der Waals surface area contributed by atoms with E-state index in [9.17, 15) is 0 Å². The molecule has 20 heavy (non-hydrogen) atoms. The van der Waals surface area contributed by atoms with Crippen molar-refractivity contribution >= 4 is 44.8 Å². The highest BCUT2D eigenvalue weighted by Gasteiger charge is 2.10. The number of thiazole rings is 1. The van der Waals surface area contributed by atoms with Crippen LogP contribution in [0.2, 0.25) is 5.28 Å². The van der Waals surface area contributed by atoms with Crippen LogP contribution in [0.5, 0.6) is 5.75 Å². The molecule has 0 aliphatic heterocycles. The summed E-state index contributed by atoms with van der Waals surface area (Å²) in [5.41, 5.74) is 4.37. The summed E-state index contributed by atoms with van der Waals surface area (Å²) in [6.45, 7) is 1.98. The first kappa shape index (κ1) is 13.1. The Morgan fingerprint density at radius 2 is 2.15 bits per heavy atom. The van der Waals surface area contributed by atoms with Gasteiger partial charge in [-0.05, 0) is 42.3 Å². The summed E-state index contributed by atoms with van der Waals surface area (Å²) in [5.74, 6) is 1.45. The molecule has 0 saturated heterocycles. The molecule has 0 unspecified atom stereocenters. The van der Waals surface area contributed by atoms with Gasteiger partial charge >= 0.3 is 0 Å². The van der Waals surface area contributed by atoms with E-state index < -0.39 is 0 Å². The summed E-state index contributed by atoms with van der Waals surface area (Å²) in [6.07, 6.45) is 0. The first-order valence-corrected chi connectivity index (χ1v) is 7.11. The fourth-order valence-corrected chi connectivity index (χ4v) is 2.79. The Balaban J connectivity index is 2.00. The van der Waals surface area contributed by atoms with Crippen LogP contribution in [0.4, 0.5) is 11.5 Å². The van der Waals surface area contributed by atoms with Crippen LogP contribution in [0.15, 0.2) is 23.7 Å². The van der Waals surface area contributed by atoms with Crippen molar-refractivity contribution in [1.82, 2.24) is 15.0 Å². The number of nitrogens with zero attached hydrogens (tertiary/aromatic N) is 3. The fraction of sp³-hybridized carbons (Fsp3) is 0.154. The molecule has 0 atom stereocenters. The Hall–Kier alpha value is -1.92. The quantitative estimate of drug-likeness (QED) is 0.746. The molecule has 0 spiro atoms. The lowest BCUT2D eigenvalue weighted by Gasteiger charge is -2.09. The minimum absolute atomic E-state index is 0.203. The number of hydrogen-bond acceptors (Lipinski definition) is 6. The van der Waals surface area contributed by atoms with E-state index in [1.165, 1.54) is 11.3 Å². The van der Waals surface area contributed by atoms with E-state index in [0.717, 1.165) is 21.8 Å². The topological polar surface area (TPSA) is 59.9 Å². The summed E-state index contributed by atoms with van der Waals surface area (Å²) in [4.78, 5) is 13.4. The molecule has 1 aromatic carbocycles. The Morgan fingerprint density at radius 3 is 2.90 bits per heavy atom. The van der Waals surface area contributed by atoms with Gasteiger partial charge in [0.25, 0.3) is 0 Å². The van der Waals surface area contributed by atoms with Gasteiger partial charge in [-0.1, -0.05) is 0 Å². The lowest BCUT2D eigenvalue weighted by molar-refractivity contribution is 0.412. The molecule has 5 nitrogen and oxygen atoms in total. The number of rotatable bonds is 3. The van der Waals surface area contributed by atoms with Crippen LogP contribution in [0.1, 0.15) is 5.56 Å². The van der Waals surface area contributed by atoms with Crippen LogP contribution in [0, 0.1) is 6.92 Å². The SMILES string of the molecule is COc1ccc(Nc2nc(Cl)nc3scnc23)cc1C. The number of fused-ring (bicyclic) bond motifs is 1. The molecule has 0 saturated carbocycles. The number of halogens is 1. The van der Waals surface area contributed by atoms with E-state index in [-0.39, 0.29) is 5.28 Å². The van der Waals surface area contributed by atoms with Gasteiger partial charge in [-0.25, -0.2) is 9.97 Å². The Labute approximate surface area is 124 Å². The second-order valence-electron chi connectivity index (χ2n) is 4.16. The van der Waals surface area contributed by atoms with Crippen LogP contribution < -0.4 is 10.1 Å². The second-order valence-corrected chi connectivity index (χ2v) is 5.33. The molecular weight excluding hydrogens is 296 g/mol. The highest BCUT2D eigenvalue weighted by Crippen LogP contribution is 2.28. The molecule has 3 rings (SSSR count). The van der Waals surface area contributed by atoms with Crippen molar-refractivity contribution in [2.75, 3.05) is 12.4 Å². The van der Waals surface area contributed by atoms with Gasteiger partial charge in [-0.15, -0.1) is 11.3 Å². The molecule has 0 fully saturated rings. The van der Waals surface area contributed by atoms with Crippen molar-refractivity contribution in [3.05, 3.63) is 34.6 Å². The zero-order valence-electron chi connectivity index (χ0n) is 10.8. The molecule has 1 N–H and O–H groups in total. The highest BCUT2D eigenvalue weighted by molar-refractivity contribution is 7.16. The van der Waals surface area contributed by atoms with Gasteiger partial charge in [-0.2, -0.15) is 4.98 Å². The zero-order valence-corrected chi connectivity index (χ0v) is 12.4. The van der Waals surface area contributed by atoms with E-state index >= 15 is 0 Å². The van der Waals surface area contributed by atoms with Crippen molar-refractivity contribution in [2.24, 2.45) is 0 Å². The normalized spacial score (nSPS) is 10.8. The first-order chi connectivity index (χ1) is 9.67. The summed E-state index contributed by atoms with van der Waals surface area (Å²) < 4.78 is 5.24. The summed E-state index contributed by atoms with van der Waals surface area (Å²) in [6, 6.07) is 5.80. The number of nitrogens with one attached hydrogen (secondary N) is 1. The zero-order chi connectivity index (χ0) is 14.1. The van der Waals surface area contributed by atoms with Gasteiger partial charge in [0, 0.05) is 5.69 Å². The van der Waals surface area contributed by atoms with Crippen molar-refractivity contribution < 1.29 is 4.74 Å². The van der Waals surface area contributed by atoms with E-state index in [0.29, 0.717) is 11.3 Å². The minimum Gasteiger partial charge on any atom is -0.496 e. The molecule has 0 amide bonds. The third-order valence-electron chi connectivity index (χ3n) is 2.83. The minimum atomic E-state index is 0.203. The van der Waals surface area contributed by atoms with Crippen LogP contribution in [0.25, 0.3) is 10.3 Å². The molecule has 2 heterocycles. The average Bonchev–Trinajstić information content (AvgIpc) is 2.87. The van der Waals surface area contributed by atoms with Gasteiger partial charge in [-0.3, -0.25) is 0 Å². The second kappa shape index (κ2) is 5.22. The van der Waals surface area contributed by atoms with Crippen LogP contribution in [0.3, 0.4) is 0 Å². The number of benzene rings is 1.